The molecule has 2 aromatic carbocycles. The molecule has 0 spiro atoms. The Balaban J connectivity index is 1.25. The van der Waals surface area contributed by atoms with Crippen LogP contribution in [0.1, 0.15) is 42.7 Å². The van der Waals surface area contributed by atoms with E-state index in [-0.39, 0.29) is 54.7 Å². The molecule has 0 N–H and O–H groups in total. The van der Waals surface area contributed by atoms with Gasteiger partial charge in [-0.1, -0.05) is 24.3 Å². The van der Waals surface area contributed by atoms with Crippen molar-refractivity contribution in [1.82, 2.24) is 9.80 Å². The summed E-state index contributed by atoms with van der Waals surface area (Å²) in [6.45, 7) is 2.22. The van der Waals surface area contributed by atoms with Crippen LogP contribution < -0.4 is 4.74 Å². The molecule has 0 bridgehead atoms. The maximum atomic E-state index is 13.7. The Hall–Kier alpha value is -3.00. The molecule has 0 radical (unpaired) electrons. The van der Waals surface area contributed by atoms with Gasteiger partial charge in [-0.15, -0.1) is 0 Å². The topological polar surface area (TPSA) is 59.1 Å². The van der Waals surface area contributed by atoms with Crippen molar-refractivity contribution in [2.75, 3.05) is 46.1 Å². The number of amides is 2. The minimum Gasteiger partial charge on any atom is -0.491 e. The Morgan fingerprint density at radius 3 is 2.30 bits per heavy atom. The highest BCUT2D eigenvalue weighted by atomic mass is 19.1. The van der Waals surface area contributed by atoms with Crippen LogP contribution in [-0.2, 0) is 9.53 Å². The van der Waals surface area contributed by atoms with Crippen LogP contribution in [0.5, 0.6) is 5.75 Å². The molecule has 2 aromatic rings. The number of ketones is 1. The van der Waals surface area contributed by atoms with Crippen LogP contribution in [0.25, 0.3) is 0 Å². The van der Waals surface area contributed by atoms with Crippen molar-refractivity contribution < 1.29 is 27.8 Å². The second kappa shape index (κ2) is 11.6. The molecule has 3 heterocycles. The number of rotatable bonds is 6. The molecule has 37 heavy (non-hydrogen) atoms. The smallest absolute Gasteiger partial charge is 0.320 e. The summed E-state index contributed by atoms with van der Waals surface area (Å²) in [4.78, 5) is 29.0. The van der Waals surface area contributed by atoms with Gasteiger partial charge in [0.15, 0.2) is 5.78 Å². The number of ether oxygens (including phenoxy) is 2. The summed E-state index contributed by atoms with van der Waals surface area (Å²) < 4.78 is 37.2. The number of benzene rings is 2. The zero-order valence-electron chi connectivity index (χ0n) is 21.0. The lowest BCUT2D eigenvalue weighted by atomic mass is 9.76. The van der Waals surface area contributed by atoms with Crippen molar-refractivity contribution in [3.05, 3.63) is 65.5 Å². The van der Waals surface area contributed by atoms with Gasteiger partial charge in [-0.05, 0) is 60.6 Å². The normalized spacial score (nSPS) is 23.5. The van der Waals surface area contributed by atoms with Gasteiger partial charge in [0.2, 0.25) is 0 Å². The second-order valence-electron chi connectivity index (χ2n) is 10.3. The zero-order chi connectivity index (χ0) is 25.8. The van der Waals surface area contributed by atoms with Gasteiger partial charge in [-0.3, -0.25) is 4.79 Å². The predicted octanol–water partition coefficient (Wildman–Crippen LogP) is 4.82. The number of urea groups is 1. The van der Waals surface area contributed by atoms with Crippen LogP contribution in [0.2, 0.25) is 0 Å². The molecule has 3 saturated heterocycles. The summed E-state index contributed by atoms with van der Waals surface area (Å²) in [5.41, 5.74) is 2.13. The van der Waals surface area contributed by atoms with E-state index in [9.17, 15) is 18.4 Å². The van der Waals surface area contributed by atoms with Crippen LogP contribution >= 0.6 is 0 Å². The van der Waals surface area contributed by atoms with Gasteiger partial charge >= 0.3 is 6.03 Å². The van der Waals surface area contributed by atoms with Crippen molar-refractivity contribution in [3.63, 3.8) is 0 Å². The van der Waals surface area contributed by atoms with Crippen molar-refractivity contribution in [1.29, 1.82) is 0 Å². The number of halogens is 2. The number of piperidine rings is 2. The molecule has 198 valence electrons. The molecule has 0 aliphatic carbocycles. The standard InChI is InChI=1S/C29H34F2N2O4/c30-12-16-36-26-7-3-21(4-8-26)28(20-1-5-24(31)6-2-20)22-9-13-32(14-10-22)29(35)33-15-11-27-23(18-33)17-25(34)19-37-27/h1-8,22-23,27-28H,9-19H2/t23-,27+,28-/m1/s1. The minimum atomic E-state index is -0.540. The lowest BCUT2D eigenvalue weighted by molar-refractivity contribution is -0.140. The fourth-order valence-corrected chi connectivity index (χ4v) is 6.11. The molecule has 0 saturated carbocycles. The molecule has 3 aliphatic rings. The lowest BCUT2D eigenvalue weighted by Gasteiger charge is -2.43. The Kier molecular flexibility index (Phi) is 8.03. The molecule has 3 atom stereocenters. The van der Waals surface area contributed by atoms with Crippen LogP contribution in [0.3, 0.4) is 0 Å². The highest BCUT2D eigenvalue weighted by Gasteiger charge is 2.39. The van der Waals surface area contributed by atoms with E-state index in [4.69, 9.17) is 9.47 Å². The monoisotopic (exact) mass is 512 g/mol. The first-order chi connectivity index (χ1) is 18.0. The Labute approximate surface area is 216 Å². The third-order valence-electron chi connectivity index (χ3n) is 7.98. The number of hydrogen-bond donors (Lipinski definition) is 0. The first-order valence-electron chi connectivity index (χ1n) is 13.2. The fourth-order valence-electron chi connectivity index (χ4n) is 6.11. The number of fused-ring (bicyclic) bond motifs is 1. The van der Waals surface area contributed by atoms with Crippen molar-refractivity contribution in [3.8, 4) is 5.75 Å². The molecular weight excluding hydrogens is 478 g/mol. The summed E-state index contributed by atoms with van der Waals surface area (Å²) in [5.74, 6) is 0.887. The molecular formula is C29H34F2N2O4. The highest BCUT2D eigenvalue weighted by Crippen LogP contribution is 2.39. The van der Waals surface area contributed by atoms with Crippen molar-refractivity contribution in [2.45, 2.75) is 37.7 Å². The summed E-state index contributed by atoms with van der Waals surface area (Å²) in [5, 5.41) is 0. The molecule has 5 rings (SSSR count). The largest absolute Gasteiger partial charge is 0.491 e. The van der Waals surface area contributed by atoms with Crippen LogP contribution in [0.15, 0.2) is 48.5 Å². The summed E-state index contributed by atoms with van der Waals surface area (Å²) >= 11 is 0. The summed E-state index contributed by atoms with van der Waals surface area (Å²) in [6.07, 6.45) is 3.01. The Morgan fingerprint density at radius 2 is 1.62 bits per heavy atom. The molecule has 8 heteroatoms. The van der Waals surface area contributed by atoms with Crippen LogP contribution in [0, 0.1) is 17.7 Å². The lowest BCUT2D eigenvalue weighted by Crippen LogP contribution is -2.54. The Morgan fingerprint density at radius 1 is 0.973 bits per heavy atom. The SMILES string of the molecule is O=C1CO[C@H]2CCN(C(=O)N3CCC([C@H](c4ccc(F)cc4)c4ccc(OCCF)cc4)CC3)C[C@H]2C1. The number of Topliss-reactive ketones (excluding diaryl/α,β-unsaturated/α-hetero) is 1. The van der Waals surface area contributed by atoms with E-state index in [0.29, 0.717) is 38.3 Å². The van der Waals surface area contributed by atoms with E-state index in [1.165, 1.54) is 12.1 Å². The zero-order valence-corrected chi connectivity index (χ0v) is 21.0. The summed E-state index contributed by atoms with van der Waals surface area (Å²) in [7, 11) is 0. The third-order valence-corrected chi connectivity index (χ3v) is 7.98. The molecule has 0 aromatic heterocycles. The van der Waals surface area contributed by atoms with E-state index >= 15 is 0 Å². The molecule has 6 nitrogen and oxygen atoms in total. The number of hydrogen-bond acceptors (Lipinski definition) is 4. The van der Waals surface area contributed by atoms with Gasteiger partial charge in [-0.25, -0.2) is 13.6 Å². The molecule has 0 unspecified atom stereocenters. The Bertz CT molecular complexity index is 1070. The van der Waals surface area contributed by atoms with Crippen LogP contribution in [-0.4, -0.2) is 73.8 Å². The third kappa shape index (κ3) is 5.95. The molecule has 3 fully saturated rings. The quantitative estimate of drug-likeness (QED) is 0.557. The molecule has 2 amide bonds. The van der Waals surface area contributed by atoms with Gasteiger partial charge in [-0.2, -0.15) is 0 Å². The minimum absolute atomic E-state index is 0.0228. The first-order valence-corrected chi connectivity index (χ1v) is 13.2. The number of carbonyl (C=O) groups is 2. The maximum absolute atomic E-state index is 13.7. The van der Waals surface area contributed by atoms with Crippen LogP contribution in [0.4, 0.5) is 13.6 Å². The average molecular weight is 513 g/mol. The number of alkyl halides is 1. The van der Waals surface area contributed by atoms with Crippen molar-refractivity contribution >= 4 is 11.8 Å². The predicted molar refractivity (Wildman–Crippen MR) is 135 cm³/mol. The number of carbonyl (C=O) groups excluding carboxylic acids is 2. The van der Waals surface area contributed by atoms with Gasteiger partial charge in [0, 0.05) is 44.4 Å². The fraction of sp³-hybridized carbons (Fsp3) is 0.517. The van der Waals surface area contributed by atoms with E-state index in [1.54, 1.807) is 0 Å². The van der Waals surface area contributed by atoms with Gasteiger partial charge in [0.05, 0.1) is 6.10 Å². The van der Waals surface area contributed by atoms with Gasteiger partial charge in [0.1, 0.15) is 31.5 Å². The maximum Gasteiger partial charge on any atom is 0.320 e. The van der Waals surface area contributed by atoms with E-state index in [0.717, 1.165) is 30.4 Å². The second-order valence-corrected chi connectivity index (χ2v) is 10.3. The average Bonchev–Trinajstić information content (AvgIpc) is 2.93. The van der Waals surface area contributed by atoms with Crippen molar-refractivity contribution in [2.24, 2.45) is 11.8 Å². The van der Waals surface area contributed by atoms with E-state index < -0.39 is 6.67 Å². The number of nitrogens with zero attached hydrogens (tertiary/aromatic N) is 2. The van der Waals surface area contributed by atoms with Gasteiger partial charge < -0.3 is 19.3 Å². The number of likely N-dealkylation sites (tertiary alicyclic amines) is 2. The highest BCUT2D eigenvalue weighted by molar-refractivity contribution is 5.81. The summed E-state index contributed by atoms with van der Waals surface area (Å²) in [6, 6.07) is 14.4. The van der Waals surface area contributed by atoms with E-state index in [1.807, 2.05) is 46.2 Å². The molecule has 3 aliphatic heterocycles. The first kappa shape index (κ1) is 25.6. The van der Waals surface area contributed by atoms with Gasteiger partial charge in [0.25, 0.3) is 0 Å². The van der Waals surface area contributed by atoms with E-state index in [2.05, 4.69) is 0 Å².